The maximum atomic E-state index is 13.4. The molecule has 25 heavy (non-hydrogen) atoms. The highest BCUT2D eigenvalue weighted by Gasteiger charge is 2.63. The minimum Gasteiger partial charge on any atom is -0.463 e. The summed E-state index contributed by atoms with van der Waals surface area (Å²) in [7, 11) is 0. The zero-order valence-electron chi connectivity index (χ0n) is 15.7. The van der Waals surface area contributed by atoms with Crippen molar-refractivity contribution in [3.63, 3.8) is 0 Å². The number of hydrogen-bond acceptors (Lipinski definition) is 3. The first-order chi connectivity index (χ1) is 11.8. The standard InChI is InChI=1S/C21H31IO3/c1-12(23)25-14-8-9-20(2)13(10-14)4-5-15-16-6-7-18(22)21(16,3)11-17(24)19(15)20/h13-16,18-19H,4-11H2,1-3H3/t13?,14?,15-,16-,18-,19+,20-,21-/m0/s1. The molecule has 2 unspecified atom stereocenters. The Hall–Kier alpha value is -0.130. The first kappa shape index (κ1) is 18.2. The lowest BCUT2D eigenvalue weighted by Crippen LogP contribution is -2.57. The van der Waals surface area contributed by atoms with Crippen LogP contribution in [0.4, 0.5) is 0 Å². The van der Waals surface area contributed by atoms with Gasteiger partial charge < -0.3 is 4.74 Å². The summed E-state index contributed by atoms with van der Waals surface area (Å²) in [6.07, 6.45) is 8.81. The minimum absolute atomic E-state index is 0.0706. The number of carbonyl (C=O) groups excluding carboxylic acids is 2. The number of carbonyl (C=O) groups is 2. The zero-order chi connectivity index (χ0) is 18.0. The van der Waals surface area contributed by atoms with Crippen LogP contribution in [0.25, 0.3) is 0 Å². The molecule has 0 saturated heterocycles. The van der Waals surface area contributed by atoms with Crippen molar-refractivity contribution in [2.45, 2.75) is 82.2 Å². The van der Waals surface area contributed by atoms with Crippen LogP contribution in [0.2, 0.25) is 0 Å². The molecule has 8 atom stereocenters. The Labute approximate surface area is 165 Å². The first-order valence-electron chi connectivity index (χ1n) is 10.1. The van der Waals surface area contributed by atoms with Gasteiger partial charge in [-0.25, -0.2) is 0 Å². The summed E-state index contributed by atoms with van der Waals surface area (Å²) in [5.41, 5.74) is 0.359. The van der Waals surface area contributed by atoms with E-state index in [1.54, 1.807) is 0 Å². The molecule has 4 rings (SSSR count). The van der Waals surface area contributed by atoms with E-state index in [0.29, 0.717) is 21.5 Å². The molecule has 0 spiro atoms. The molecule has 4 aliphatic carbocycles. The van der Waals surface area contributed by atoms with Crippen molar-refractivity contribution < 1.29 is 14.3 Å². The largest absolute Gasteiger partial charge is 0.463 e. The Balaban J connectivity index is 1.59. The van der Waals surface area contributed by atoms with Crippen molar-refractivity contribution >= 4 is 34.3 Å². The number of ketones is 1. The molecule has 4 aliphatic rings. The summed E-state index contributed by atoms with van der Waals surface area (Å²) in [6, 6.07) is 0. The van der Waals surface area contributed by atoms with Crippen LogP contribution < -0.4 is 0 Å². The van der Waals surface area contributed by atoms with Gasteiger partial charge in [0.15, 0.2) is 0 Å². The highest BCUT2D eigenvalue weighted by Crippen LogP contribution is 2.66. The van der Waals surface area contributed by atoms with E-state index in [0.717, 1.165) is 31.6 Å². The van der Waals surface area contributed by atoms with E-state index in [1.807, 2.05) is 0 Å². The fourth-order valence-corrected chi connectivity index (χ4v) is 8.36. The summed E-state index contributed by atoms with van der Waals surface area (Å²) in [5, 5.41) is 0. The molecule has 0 amide bonds. The lowest BCUT2D eigenvalue weighted by Gasteiger charge is -2.59. The molecule has 0 aromatic rings. The molecule has 3 nitrogen and oxygen atoms in total. The molecule has 0 radical (unpaired) electrons. The third-order valence-corrected chi connectivity index (χ3v) is 10.6. The monoisotopic (exact) mass is 458 g/mol. The molecule has 4 heteroatoms. The van der Waals surface area contributed by atoms with E-state index in [9.17, 15) is 9.59 Å². The molecule has 140 valence electrons. The number of fused-ring (bicyclic) bond motifs is 5. The number of esters is 1. The summed E-state index contributed by atoms with van der Waals surface area (Å²) in [6.45, 7) is 6.29. The second kappa shape index (κ2) is 6.20. The van der Waals surface area contributed by atoms with Crippen LogP contribution in [0, 0.1) is 34.5 Å². The zero-order valence-corrected chi connectivity index (χ0v) is 17.9. The van der Waals surface area contributed by atoms with Gasteiger partial charge in [0.25, 0.3) is 0 Å². The normalized spacial score (nSPS) is 52.1. The second-order valence-corrected chi connectivity index (χ2v) is 11.2. The molecule has 0 N–H and O–H groups in total. The number of rotatable bonds is 1. The predicted molar refractivity (Wildman–Crippen MR) is 105 cm³/mol. The van der Waals surface area contributed by atoms with Gasteiger partial charge in [-0.15, -0.1) is 0 Å². The highest BCUT2D eigenvalue weighted by atomic mass is 127. The summed E-state index contributed by atoms with van der Waals surface area (Å²) < 4.78 is 6.18. The molecule has 0 aliphatic heterocycles. The van der Waals surface area contributed by atoms with Crippen molar-refractivity contribution in [2.24, 2.45) is 34.5 Å². The average Bonchev–Trinajstić information content (AvgIpc) is 2.82. The Kier molecular flexibility index (Phi) is 4.53. The third-order valence-electron chi connectivity index (χ3n) is 8.52. The molecule has 0 heterocycles. The van der Waals surface area contributed by atoms with E-state index in [4.69, 9.17) is 4.74 Å². The third kappa shape index (κ3) is 2.71. The smallest absolute Gasteiger partial charge is 0.302 e. The number of hydrogen-bond donors (Lipinski definition) is 0. The fraction of sp³-hybridized carbons (Fsp3) is 0.905. The molecular weight excluding hydrogens is 427 g/mol. The predicted octanol–water partition coefficient (Wildman–Crippen LogP) is 4.94. The summed E-state index contributed by atoms with van der Waals surface area (Å²) >= 11 is 2.61. The van der Waals surface area contributed by atoms with Gasteiger partial charge in [-0.1, -0.05) is 36.4 Å². The van der Waals surface area contributed by atoms with Gasteiger partial charge in [0.1, 0.15) is 11.9 Å². The van der Waals surface area contributed by atoms with Crippen molar-refractivity contribution in [1.82, 2.24) is 0 Å². The van der Waals surface area contributed by atoms with Crippen LogP contribution in [0.5, 0.6) is 0 Å². The summed E-state index contributed by atoms with van der Waals surface area (Å²) in [5.74, 6) is 2.51. The quantitative estimate of drug-likeness (QED) is 0.318. The Morgan fingerprint density at radius 2 is 1.88 bits per heavy atom. The second-order valence-electron chi connectivity index (χ2n) is 9.73. The highest BCUT2D eigenvalue weighted by molar-refractivity contribution is 14.1. The van der Waals surface area contributed by atoms with Gasteiger partial charge in [-0.05, 0) is 73.5 Å². The van der Waals surface area contributed by atoms with Gasteiger partial charge in [0.05, 0.1) is 0 Å². The molecule has 0 aromatic carbocycles. The molecule has 0 aromatic heterocycles. The van der Waals surface area contributed by atoms with Crippen molar-refractivity contribution in [2.75, 3.05) is 0 Å². The Morgan fingerprint density at radius 1 is 1.12 bits per heavy atom. The van der Waals surface area contributed by atoms with E-state index < -0.39 is 0 Å². The fourth-order valence-electron chi connectivity index (χ4n) is 7.32. The molecule has 4 fully saturated rings. The summed E-state index contributed by atoms with van der Waals surface area (Å²) in [4.78, 5) is 24.7. The van der Waals surface area contributed by atoms with Crippen molar-refractivity contribution in [3.05, 3.63) is 0 Å². The maximum Gasteiger partial charge on any atom is 0.302 e. The SMILES string of the molecule is CC(=O)OC1CC[C@@]2(C)C(CC[C@H]3[C@@H]4CC[C@H](I)[C@@]4(C)CC(=O)[C@@H]32)C1. The molecular formula is C21H31IO3. The molecule has 0 bridgehead atoms. The molecule has 4 saturated carbocycles. The van der Waals surface area contributed by atoms with Crippen LogP contribution >= 0.6 is 22.6 Å². The van der Waals surface area contributed by atoms with Crippen molar-refractivity contribution in [3.8, 4) is 0 Å². The number of halogens is 1. The number of ether oxygens (including phenoxy) is 1. The van der Waals surface area contributed by atoms with E-state index in [2.05, 4.69) is 36.4 Å². The van der Waals surface area contributed by atoms with Crippen LogP contribution in [-0.2, 0) is 14.3 Å². The number of Topliss-reactive ketones (excluding diaryl/α,β-unsaturated/α-hetero) is 1. The Bertz CT molecular complexity index is 590. The van der Waals surface area contributed by atoms with Crippen LogP contribution in [0.15, 0.2) is 0 Å². The lowest BCUT2D eigenvalue weighted by molar-refractivity contribution is -0.167. The maximum absolute atomic E-state index is 13.4. The van der Waals surface area contributed by atoms with Gasteiger partial charge in [0.2, 0.25) is 0 Å². The van der Waals surface area contributed by atoms with Gasteiger partial charge in [-0.2, -0.15) is 0 Å². The van der Waals surface area contributed by atoms with Gasteiger partial charge in [0, 0.05) is 23.2 Å². The number of alkyl halides is 1. The first-order valence-corrected chi connectivity index (χ1v) is 11.3. The average molecular weight is 458 g/mol. The van der Waals surface area contributed by atoms with Gasteiger partial charge >= 0.3 is 5.97 Å². The van der Waals surface area contributed by atoms with E-state index in [-0.39, 0.29) is 28.8 Å². The van der Waals surface area contributed by atoms with Crippen LogP contribution in [0.3, 0.4) is 0 Å². The van der Waals surface area contributed by atoms with Crippen LogP contribution in [0.1, 0.15) is 72.1 Å². The van der Waals surface area contributed by atoms with Gasteiger partial charge in [-0.3, -0.25) is 9.59 Å². The van der Waals surface area contributed by atoms with E-state index in [1.165, 1.54) is 32.6 Å². The minimum atomic E-state index is -0.161. The van der Waals surface area contributed by atoms with Crippen LogP contribution in [-0.4, -0.2) is 21.8 Å². The Morgan fingerprint density at radius 3 is 2.60 bits per heavy atom. The lowest BCUT2D eigenvalue weighted by atomic mass is 9.45. The van der Waals surface area contributed by atoms with E-state index >= 15 is 0 Å². The topological polar surface area (TPSA) is 43.4 Å². The van der Waals surface area contributed by atoms with Crippen molar-refractivity contribution in [1.29, 1.82) is 0 Å².